The Hall–Kier alpha value is -2.18. The van der Waals surface area contributed by atoms with Gasteiger partial charge in [0.05, 0.1) is 24.6 Å². The van der Waals surface area contributed by atoms with Gasteiger partial charge in [0, 0.05) is 47.4 Å². The summed E-state index contributed by atoms with van der Waals surface area (Å²) in [5.74, 6) is -0.153. The molecule has 5 nitrogen and oxygen atoms in total. The summed E-state index contributed by atoms with van der Waals surface area (Å²) in [6.07, 6.45) is 5.24. The van der Waals surface area contributed by atoms with Crippen LogP contribution < -0.4 is 0 Å². The van der Waals surface area contributed by atoms with E-state index in [1.165, 1.54) is 0 Å². The Balaban J connectivity index is 0.000000355. The third-order valence-corrected chi connectivity index (χ3v) is 5.15. The maximum absolute atomic E-state index is 12.5. The summed E-state index contributed by atoms with van der Waals surface area (Å²) in [4.78, 5) is 16.4. The van der Waals surface area contributed by atoms with E-state index in [-0.39, 0.29) is 5.78 Å². The molecule has 0 aliphatic rings. The second-order valence-electron chi connectivity index (χ2n) is 10.9. The van der Waals surface area contributed by atoms with E-state index in [0.29, 0.717) is 32.0 Å². The van der Waals surface area contributed by atoms with Crippen LogP contribution in [0.3, 0.4) is 0 Å². The van der Waals surface area contributed by atoms with Crippen LogP contribution in [0.15, 0.2) is 61.2 Å². The molecule has 0 saturated heterocycles. The minimum absolute atomic E-state index is 0.153. The van der Waals surface area contributed by atoms with Crippen LogP contribution in [0.1, 0.15) is 71.3 Å². The summed E-state index contributed by atoms with van der Waals surface area (Å²) in [5.41, 5.74) is 2.55. The molecule has 0 aliphatic carbocycles. The van der Waals surface area contributed by atoms with Gasteiger partial charge in [-0.3, -0.25) is 4.79 Å². The van der Waals surface area contributed by atoms with Crippen LogP contribution in [0, 0.1) is 10.8 Å². The first-order chi connectivity index (χ1) is 17.3. The Kier molecular flexibility index (Phi) is 14.1. The van der Waals surface area contributed by atoms with Gasteiger partial charge in [0.1, 0.15) is 0 Å². The van der Waals surface area contributed by atoms with Gasteiger partial charge in [-0.1, -0.05) is 64.7 Å². The van der Waals surface area contributed by atoms with Crippen molar-refractivity contribution in [3.8, 4) is 5.69 Å². The summed E-state index contributed by atoms with van der Waals surface area (Å²) in [6.45, 7) is 20.4. The van der Waals surface area contributed by atoms with E-state index >= 15 is 0 Å². The Labute approximate surface area is 233 Å². The van der Waals surface area contributed by atoms with E-state index in [4.69, 9.17) is 32.7 Å². The van der Waals surface area contributed by atoms with E-state index < -0.39 is 0 Å². The molecular weight excluding hydrogens is 507 g/mol. The molecule has 3 aromatic rings. The van der Waals surface area contributed by atoms with Gasteiger partial charge in [0.2, 0.25) is 0 Å². The highest BCUT2D eigenvalue weighted by molar-refractivity contribution is 6.36. The van der Waals surface area contributed by atoms with Crippen molar-refractivity contribution in [3.05, 3.63) is 82.4 Å². The third kappa shape index (κ3) is 13.8. The number of carbonyl (C=O) groups excluding carboxylic acids is 1. The van der Waals surface area contributed by atoms with E-state index in [2.05, 4.69) is 46.5 Å². The number of halogens is 2. The molecule has 204 valence electrons. The first kappa shape index (κ1) is 32.8. The summed E-state index contributed by atoms with van der Waals surface area (Å²) >= 11 is 12.0. The molecule has 2 aromatic carbocycles. The van der Waals surface area contributed by atoms with Gasteiger partial charge in [-0.15, -0.1) is 0 Å². The lowest BCUT2D eigenvalue weighted by atomic mass is 9.99. The minimum Gasteiger partial charge on any atom is -0.381 e. The molecule has 3 rings (SSSR count). The van der Waals surface area contributed by atoms with E-state index in [0.717, 1.165) is 32.1 Å². The number of hydrogen-bond acceptors (Lipinski definition) is 4. The number of ether oxygens (including phenoxy) is 2. The van der Waals surface area contributed by atoms with Crippen LogP contribution in [0.5, 0.6) is 0 Å². The van der Waals surface area contributed by atoms with E-state index in [1.807, 2.05) is 36.7 Å². The average Bonchev–Trinajstić information content (AvgIpc) is 3.38. The van der Waals surface area contributed by atoms with Crippen molar-refractivity contribution in [2.45, 2.75) is 55.4 Å². The van der Waals surface area contributed by atoms with Crippen molar-refractivity contribution in [1.82, 2.24) is 9.55 Å². The molecule has 0 N–H and O–H groups in total. The van der Waals surface area contributed by atoms with Crippen molar-refractivity contribution in [3.63, 3.8) is 0 Å². The average molecular weight is 550 g/mol. The zero-order valence-corrected chi connectivity index (χ0v) is 25.0. The zero-order valence-electron chi connectivity index (χ0n) is 23.5. The largest absolute Gasteiger partial charge is 0.381 e. The molecule has 0 unspecified atom stereocenters. The molecular formula is C30H42Cl2N2O3. The molecule has 0 radical (unpaired) electrons. The summed E-state index contributed by atoms with van der Waals surface area (Å²) in [7, 11) is 0. The minimum atomic E-state index is -0.153. The molecule has 1 heterocycles. The lowest BCUT2D eigenvalue weighted by Crippen LogP contribution is -2.14. The predicted molar refractivity (Wildman–Crippen MR) is 155 cm³/mol. The van der Waals surface area contributed by atoms with Gasteiger partial charge >= 0.3 is 0 Å². The molecule has 0 amide bonds. The van der Waals surface area contributed by atoms with Gasteiger partial charge in [-0.25, -0.2) is 4.98 Å². The van der Waals surface area contributed by atoms with Gasteiger partial charge in [0.25, 0.3) is 0 Å². The number of imidazole rings is 1. The number of nitrogens with zero attached hydrogens (tertiary/aromatic N) is 2. The Morgan fingerprint density at radius 1 is 0.865 bits per heavy atom. The molecule has 7 heteroatoms. The standard InChI is InChI=1S/C16H10Cl2N2O.2C7H16O/c17-12-3-6-15(18)14(9-12)16(21)11-1-4-13(5-2-11)20-8-7-19-10-20;2*1-5-8-6-7(2,3)4/h1-10H;2*5-6H2,1-4H3. The molecule has 0 bridgehead atoms. The zero-order chi connectivity index (χ0) is 28.1. The number of carbonyl (C=O) groups is 1. The van der Waals surface area contributed by atoms with Crippen molar-refractivity contribution >= 4 is 29.0 Å². The summed E-state index contributed by atoms with van der Waals surface area (Å²) in [6, 6.07) is 12.1. The molecule has 0 fully saturated rings. The van der Waals surface area contributed by atoms with Crippen LogP contribution in [0.4, 0.5) is 0 Å². The number of aromatic nitrogens is 2. The maximum Gasteiger partial charge on any atom is 0.194 e. The van der Waals surface area contributed by atoms with Crippen LogP contribution >= 0.6 is 23.2 Å². The lowest BCUT2D eigenvalue weighted by Gasteiger charge is -2.16. The second kappa shape index (κ2) is 15.9. The fourth-order valence-electron chi connectivity index (χ4n) is 2.84. The predicted octanol–water partition coefficient (Wildman–Crippen LogP) is 8.55. The van der Waals surface area contributed by atoms with Crippen molar-refractivity contribution in [1.29, 1.82) is 0 Å². The Morgan fingerprint density at radius 2 is 1.41 bits per heavy atom. The molecule has 0 atom stereocenters. The van der Waals surface area contributed by atoms with Crippen molar-refractivity contribution < 1.29 is 14.3 Å². The highest BCUT2D eigenvalue weighted by Crippen LogP contribution is 2.24. The second-order valence-corrected chi connectivity index (χ2v) is 11.7. The Bertz CT molecular complexity index is 1030. The highest BCUT2D eigenvalue weighted by Gasteiger charge is 2.13. The van der Waals surface area contributed by atoms with Crippen LogP contribution in [0.2, 0.25) is 10.0 Å². The summed E-state index contributed by atoms with van der Waals surface area (Å²) < 4.78 is 12.3. The number of rotatable bonds is 7. The SMILES string of the molecule is CCOCC(C)(C)C.CCOCC(C)(C)C.O=C(c1ccc(-n2ccnc2)cc1)c1cc(Cl)ccc1Cl. The molecule has 0 saturated carbocycles. The quantitative estimate of drug-likeness (QED) is 0.277. The van der Waals surface area contributed by atoms with Crippen molar-refractivity contribution in [2.24, 2.45) is 10.8 Å². The van der Waals surface area contributed by atoms with E-state index in [9.17, 15) is 4.79 Å². The van der Waals surface area contributed by atoms with Crippen LogP contribution in [0.25, 0.3) is 5.69 Å². The topological polar surface area (TPSA) is 53.4 Å². The smallest absolute Gasteiger partial charge is 0.194 e. The Morgan fingerprint density at radius 3 is 1.81 bits per heavy atom. The number of ketones is 1. The van der Waals surface area contributed by atoms with Gasteiger partial charge in [0.15, 0.2) is 5.78 Å². The fourth-order valence-corrected chi connectivity index (χ4v) is 3.22. The fraction of sp³-hybridized carbons (Fsp3) is 0.467. The van der Waals surface area contributed by atoms with Gasteiger partial charge in [-0.2, -0.15) is 0 Å². The van der Waals surface area contributed by atoms with Gasteiger partial charge < -0.3 is 14.0 Å². The van der Waals surface area contributed by atoms with Crippen molar-refractivity contribution in [2.75, 3.05) is 26.4 Å². The van der Waals surface area contributed by atoms with E-state index in [1.54, 1.807) is 42.9 Å². The molecule has 0 spiro atoms. The summed E-state index contributed by atoms with van der Waals surface area (Å²) in [5, 5.41) is 0.876. The lowest BCUT2D eigenvalue weighted by molar-refractivity contribution is 0.0805. The van der Waals surface area contributed by atoms with Crippen LogP contribution in [-0.2, 0) is 9.47 Å². The maximum atomic E-state index is 12.5. The molecule has 37 heavy (non-hydrogen) atoms. The van der Waals surface area contributed by atoms with Gasteiger partial charge in [-0.05, 0) is 67.1 Å². The monoisotopic (exact) mass is 548 g/mol. The first-order valence-electron chi connectivity index (χ1n) is 12.5. The molecule has 0 aliphatic heterocycles. The number of benzene rings is 2. The van der Waals surface area contributed by atoms with Crippen LogP contribution in [-0.4, -0.2) is 41.8 Å². The molecule has 1 aromatic heterocycles. The number of hydrogen-bond donors (Lipinski definition) is 0. The highest BCUT2D eigenvalue weighted by atomic mass is 35.5. The normalized spacial score (nSPS) is 11.2. The third-order valence-electron chi connectivity index (χ3n) is 4.58. The first-order valence-corrected chi connectivity index (χ1v) is 13.3.